The number of allylic oxidation sites excluding steroid dienone is 3. The molecule has 1 nitrogen and oxygen atoms in total. The summed E-state index contributed by atoms with van der Waals surface area (Å²) in [5, 5.41) is 7.32. The van der Waals surface area contributed by atoms with Gasteiger partial charge in [0.1, 0.15) is 0 Å². The lowest BCUT2D eigenvalue weighted by Gasteiger charge is -1.98. The third-order valence-corrected chi connectivity index (χ3v) is 4.40. The standard InChI is InChI=1S/C7H13NSi/c1-5-4-9(8)7(3)6(5)2/h4,9H,8H2,1-3H3. The van der Waals surface area contributed by atoms with Gasteiger partial charge in [-0.1, -0.05) is 22.0 Å². The monoisotopic (exact) mass is 139 g/mol. The maximum Gasteiger partial charge on any atom is 0.159 e. The Hall–Kier alpha value is -0.343. The lowest BCUT2D eigenvalue weighted by Crippen LogP contribution is -2.22. The van der Waals surface area contributed by atoms with E-state index in [-0.39, 0.29) is 0 Å². The average molecular weight is 139 g/mol. The predicted molar refractivity (Wildman–Crippen MR) is 43.5 cm³/mol. The van der Waals surface area contributed by atoms with Gasteiger partial charge in [0.05, 0.1) is 0 Å². The number of hydrogen-bond donors (Lipinski definition) is 1. The Morgan fingerprint density at radius 3 is 2.00 bits per heavy atom. The topological polar surface area (TPSA) is 26.0 Å². The van der Waals surface area contributed by atoms with E-state index in [0.717, 1.165) is 0 Å². The molecular formula is C7H13NSi. The summed E-state index contributed by atoms with van der Waals surface area (Å²) in [5.41, 5.74) is 5.06. The van der Waals surface area contributed by atoms with E-state index in [2.05, 4.69) is 26.5 Å². The number of hydrogen-bond acceptors (Lipinski definition) is 1. The fourth-order valence-electron chi connectivity index (χ4n) is 1.08. The molecule has 0 fully saturated rings. The van der Waals surface area contributed by atoms with Gasteiger partial charge >= 0.3 is 0 Å². The normalized spacial score (nSPS) is 27.1. The molecule has 50 valence electrons. The van der Waals surface area contributed by atoms with E-state index < -0.39 is 8.96 Å². The lowest BCUT2D eigenvalue weighted by atomic mass is 10.1. The minimum absolute atomic E-state index is 1.04. The van der Waals surface area contributed by atoms with Crippen LogP contribution >= 0.6 is 0 Å². The van der Waals surface area contributed by atoms with Crippen LogP contribution in [0.15, 0.2) is 22.0 Å². The van der Waals surface area contributed by atoms with Crippen molar-refractivity contribution in [2.24, 2.45) is 5.40 Å². The van der Waals surface area contributed by atoms with Crippen molar-refractivity contribution < 1.29 is 0 Å². The molecule has 0 amide bonds. The second kappa shape index (κ2) is 2.12. The molecule has 2 heteroatoms. The van der Waals surface area contributed by atoms with E-state index in [1.807, 2.05) is 0 Å². The van der Waals surface area contributed by atoms with Crippen LogP contribution in [0.5, 0.6) is 0 Å². The fourth-order valence-corrected chi connectivity index (χ4v) is 2.85. The Kier molecular flexibility index (Phi) is 1.59. The molecule has 1 aliphatic heterocycles. The van der Waals surface area contributed by atoms with Crippen molar-refractivity contribution in [2.45, 2.75) is 20.8 Å². The van der Waals surface area contributed by atoms with Crippen molar-refractivity contribution in [3.05, 3.63) is 22.0 Å². The van der Waals surface area contributed by atoms with Gasteiger partial charge in [0, 0.05) is 0 Å². The highest BCUT2D eigenvalue weighted by atomic mass is 28.3. The van der Waals surface area contributed by atoms with Gasteiger partial charge in [0.2, 0.25) is 0 Å². The maximum absolute atomic E-state index is 5.86. The largest absolute Gasteiger partial charge is 0.347 e. The molecule has 0 aromatic heterocycles. The van der Waals surface area contributed by atoms with Gasteiger partial charge in [-0.3, -0.25) is 0 Å². The summed E-state index contributed by atoms with van der Waals surface area (Å²) < 4.78 is 0. The molecule has 0 aromatic carbocycles. The van der Waals surface area contributed by atoms with Crippen molar-refractivity contribution in [1.82, 2.24) is 0 Å². The molecular weight excluding hydrogens is 126 g/mol. The van der Waals surface area contributed by atoms with Crippen molar-refractivity contribution in [2.75, 3.05) is 0 Å². The summed E-state index contributed by atoms with van der Waals surface area (Å²) in [6, 6.07) is 0. The fraction of sp³-hybridized carbons (Fsp3) is 0.429. The molecule has 2 N–H and O–H groups in total. The molecule has 0 radical (unpaired) electrons. The Labute approximate surface area is 57.9 Å². The van der Waals surface area contributed by atoms with E-state index in [1.54, 1.807) is 0 Å². The van der Waals surface area contributed by atoms with Gasteiger partial charge in [-0.05, 0) is 20.8 Å². The molecule has 0 spiro atoms. The van der Waals surface area contributed by atoms with Gasteiger partial charge < -0.3 is 5.40 Å². The van der Waals surface area contributed by atoms with Crippen LogP contribution in [0.4, 0.5) is 0 Å². The van der Waals surface area contributed by atoms with Crippen molar-refractivity contribution >= 4 is 8.96 Å². The van der Waals surface area contributed by atoms with Crippen LogP contribution in [0.3, 0.4) is 0 Å². The van der Waals surface area contributed by atoms with Gasteiger partial charge in [0.25, 0.3) is 0 Å². The highest BCUT2D eigenvalue weighted by molar-refractivity contribution is 6.70. The summed E-state index contributed by atoms with van der Waals surface area (Å²) in [7, 11) is -1.04. The van der Waals surface area contributed by atoms with Crippen LogP contribution in [0.25, 0.3) is 0 Å². The summed E-state index contributed by atoms with van der Waals surface area (Å²) >= 11 is 0. The first-order chi connectivity index (χ1) is 4.13. The molecule has 0 saturated heterocycles. The molecule has 1 heterocycles. The van der Waals surface area contributed by atoms with Crippen LogP contribution < -0.4 is 5.40 Å². The Balaban J connectivity index is 2.97. The van der Waals surface area contributed by atoms with Crippen molar-refractivity contribution in [1.29, 1.82) is 0 Å². The van der Waals surface area contributed by atoms with E-state index in [9.17, 15) is 0 Å². The van der Waals surface area contributed by atoms with Crippen LogP contribution in [-0.4, -0.2) is 8.96 Å². The van der Waals surface area contributed by atoms with Gasteiger partial charge in [-0.15, -0.1) is 0 Å². The van der Waals surface area contributed by atoms with Gasteiger partial charge in [0.15, 0.2) is 8.96 Å². The van der Waals surface area contributed by atoms with Crippen LogP contribution in [0.2, 0.25) is 0 Å². The van der Waals surface area contributed by atoms with E-state index in [1.165, 1.54) is 16.3 Å². The first-order valence-corrected chi connectivity index (χ1v) is 5.15. The zero-order valence-electron chi connectivity index (χ0n) is 6.23. The Morgan fingerprint density at radius 2 is 1.89 bits per heavy atom. The zero-order valence-corrected chi connectivity index (χ0v) is 7.39. The average Bonchev–Trinajstić information content (AvgIpc) is 1.98. The van der Waals surface area contributed by atoms with E-state index >= 15 is 0 Å². The Morgan fingerprint density at radius 1 is 1.33 bits per heavy atom. The molecule has 9 heavy (non-hydrogen) atoms. The van der Waals surface area contributed by atoms with Crippen LogP contribution in [0.1, 0.15) is 20.8 Å². The SMILES string of the molecule is CC1=C[SiH](N)C(C)=C1C. The zero-order chi connectivity index (χ0) is 7.02. The number of nitrogens with two attached hydrogens (primary N) is 1. The number of rotatable bonds is 0. The summed E-state index contributed by atoms with van der Waals surface area (Å²) in [6.45, 7) is 6.44. The molecule has 0 aromatic rings. The highest BCUT2D eigenvalue weighted by Crippen LogP contribution is 2.21. The summed E-state index contributed by atoms with van der Waals surface area (Å²) in [6.07, 6.45) is 0. The van der Waals surface area contributed by atoms with Crippen LogP contribution in [-0.2, 0) is 0 Å². The molecule has 0 bridgehead atoms. The molecule has 0 saturated carbocycles. The predicted octanol–water partition coefficient (Wildman–Crippen LogP) is 1.04. The lowest BCUT2D eigenvalue weighted by molar-refractivity contribution is 1.34. The molecule has 1 rings (SSSR count). The Bertz CT molecular complexity index is 191. The molecule has 1 unspecified atom stereocenters. The first-order valence-electron chi connectivity index (χ1n) is 3.24. The minimum Gasteiger partial charge on any atom is -0.347 e. The quantitative estimate of drug-likeness (QED) is 0.499. The van der Waals surface area contributed by atoms with E-state index in [4.69, 9.17) is 5.40 Å². The van der Waals surface area contributed by atoms with Crippen LogP contribution in [0, 0.1) is 0 Å². The maximum atomic E-state index is 5.86. The highest BCUT2D eigenvalue weighted by Gasteiger charge is 2.14. The molecule has 1 atom stereocenters. The molecule has 0 aliphatic carbocycles. The van der Waals surface area contributed by atoms with Crippen molar-refractivity contribution in [3.63, 3.8) is 0 Å². The second-order valence-electron chi connectivity index (χ2n) is 2.68. The smallest absolute Gasteiger partial charge is 0.159 e. The summed E-state index contributed by atoms with van der Waals surface area (Å²) in [4.78, 5) is 0. The van der Waals surface area contributed by atoms with E-state index in [0.29, 0.717) is 0 Å². The third-order valence-electron chi connectivity index (χ3n) is 2.11. The van der Waals surface area contributed by atoms with Gasteiger partial charge in [-0.2, -0.15) is 0 Å². The molecule has 1 aliphatic rings. The second-order valence-corrected chi connectivity index (χ2v) is 4.93. The third kappa shape index (κ3) is 1.000. The summed E-state index contributed by atoms with van der Waals surface area (Å²) in [5.74, 6) is 0. The van der Waals surface area contributed by atoms with Crippen molar-refractivity contribution in [3.8, 4) is 0 Å². The minimum atomic E-state index is -1.04. The first kappa shape index (κ1) is 6.77. The van der Waals surface area contributed by atoms with Gasteiger partial charge in [-0.25, -0.2) is 0 Å².